The van der Waals surface area contributed by atoms with Crippen molar-refractivity contribution in [3.63, 3.8) is 0 Å². The molecule has 5 unspecified atom stereocenters. The molecule has 1 aliphatic heterocycles. The summed E-state index contributed by atoms with van der Waals surface area (Å²) in [6, 6.07) is 9.84. The molecule has 0 radical (unpaired) electrons. The van der Waals surface area contributed by atoms with Gasteiger partial charge >= 0.3 is 11.9 Å². The minimum atomic E-state index is -1.78. The Hall–Kier alpha value is -3.42. The van der Waals surface area contributed by atoms with E-state index in [2.05, 4.69) is 0 Å². The zero-order chi connectivity index (χ0) is 25.0. The molecule has 6 atom stereocenters. The van der Waals surface area contributed by atoms with Gasteiger partial charge in [0.2, 0.25) is 0 Å². The van der Waals surface area contributed by atoms with Gasteiger partial charge in [-0.2, -0.15) is 0 Å². The van der Waals surface area contributed by atoms with Gasteiger partial charge in [0, 0.05) is 0 Å². The Morgan fingerprint density at radius 1 is 0.971 bits per heavy atom. The molecule has 12 nitrogen and oxygen atoms in total. The van der Waals surface area contributed by atoms with Crippen LogP contribution in [-0.4, -0.2) is 87.0 Å². The molecular weight excluding hydrogens is 456 g/mol. The summed E-state index contributed by atoms with van der Waals surface area (Å²) in [6.45, 7) is -0.639. The number of phenolic OH excluding ortho intramolecular Hbond substituents is 3. The van der Waals surface area contributed by atoms with Gasteiger partial charge in [-0.15, -0.1) is 0 Å². The molecular formula is C22H24O12. The molecule has 34 heavy (non-hydrogen) atoms. The lowest BCUT2D eigenvalue weighted by Gasteiger charge is -2.40. The quantitative estimate of drug-likeness (QED) is 0.224. The van der Waals surface area contributed by atoms with Gasteiger partial charge in [0.15, 0.2) is 29.6 Å². The topological polar surface area (TPSA) is 192 Å². The van der Waals surface area contributed by atoms with Crippen molar-refractivity contribution < 1.29 is 59.2 Å². The lowest BCUT2D eigenvalue weighted by atomic mass is 9.99. The second kappa shape index (κ2) is 10.7. The van der Waals surface area contributed by atoms with Gasteiger partial charge in [-0.25, -0.2) is 9.59 Å². The van der Waals surface area contributed by atoms with Gasteiger partial charge in [-0.3, -0.25) is 0 Å². The molecule has 0 bridgehead atoms. The number of hydrogen-bond acceptors (Lipinski definition) is 12. The smallest absolute Gasteiger partial charge is 0.339 e. The van der Waals surface area contributed by atoms with E-state index in [-0.39, 0.29) is 5.56 Å². The molecule has 0 saturated carbocycles. The van der Waals surface area contributed by atoms with Gasteiger partial charge in [-0.05, 0) is 17.7 Å². The number of carbonyl (C=O) groups excluding carboxylic acids is 2. The second-order valence-electron chi connectivity index (χ2n) is 7.43. The monoisotopic (exact) mass is 480 g/mol. The number of aliphatic hydroxyl groups excluding tert-OH is 3. The summed E-state index contributed by atoms with van der Waals surface area (Å²) in [4.78, 5) is 24.5. The van der Waals surface area contributed by atoms with Crippen LogP contribution in [0.2, 0.25) is 0 Å². The highest BCUT2D eigenvalue weighted by molar-refractivity contribution is 5.91. The predicted molar refractivity (Wildman–Crippen MR) is 111 cm³/mol. The normalized spacial score (nSPS) is 25.4. The number of methoxy groups -OCH3 is 1. The maximum absolute atomic E-state index is 12.3. The molecule has 1 saturated heterocycles. The van der Waals surface area contributed by atoms with E-state index < -0.39 is 72.6 Å². The molecule has 0 aliphatic carbocycles. The zero-order valence-electron chi connectivity index (χ0n) is 17.8. The summed E-state index contributed by atoms with van der Waals surface area (Å²) in [5.41, 5.74) is 0.0574. The van der Waals surface area contributed by atoms with Crippen LogP contribution in [0.3, 0.4) is 0 Å². The summed E-state index contributed by atoms with van der Waals surface area (Å²) in [7, 11) is 1.14. The molecule has 1 heterocycles. The van der Waals surface area contributed by atoms with Crippen LogP contribution in [0.25, 0.3) is 0 Å². The number of rotatable bonds is 7. The Bertz CT molecular complexity index is 987. The summed E-state index contributed by atoms with van der Waals surface area (Å²) < 4.78 is 20.8. The Kier molecular flexibility index (Phi) is 7.91. The number of aliphatic hydroxyl groups is 3. The lowest BCUT2D eigenvalue weighted by molar-refractivity contribution is -0.311. The molecule has 3 rings (SSSR count). The highest BCUT2D eigenvalue weighted by Crippen LogP contribution is 2.35. The number of esters is 2. The van der Waals surface area contributed by atoms with Crippen molar-refractivity contribution in [1.82, 2.24) is 0 Å². The predicted octanol–water partition coefficient (Wildman–Crippen LogP) is -0.301. The van der Waals surface area contributed by atoms with Crippen molar-refractivity contribution in [1.29, 1.82) is 0 Å². The van der Waals surface area contributed by atoms with Crippen molar-refractivity contribution >= 4 is 11.9 Å². The van der Waals surface area contributed by atoms with Crippen LogP contribution >= 0.6 is 0 Å². The average molecular weight is 480 g/mol. The third-order valence-electron chi connectivity index (χ3n) is 5.14. The number of carbonyl (C=O) groups is 2. The molecule has 184 valence electrons. The Morgan fingerprint density at radius 2 is 1.59 bits per heavy atom. The first-order chi connectivity index (χ1) is 16.1. The van der Waals surface area contributed by atoms with Gasteiger partial charge in [0.25, 0.3) is 0 Å². The molecule has 0 spiro atoms. The van der Waals surface area contributed by atoms with Gasteiger partial charge in [0.1, 0.15) is 31.0 Å². The highest BCUT2D eigenvalue weighted by Gasteiger charge is 2.46. The van der Waals surface area contributed by atoms with Crippen LogP contribution in [-0.2, 0) is 23.7 Å². The fourth-order valence-corrected chi connectivity index (χ4v) is 3.27. The van der Waals surface area contributed by atoms with Crippen LogP contribution in [0.15, 0.2) is 42.5 Å². The zero-order valence-corrected chi connectivity index (χ0v) is 17.8. The molecule has 0 amide bonds. The van der Waals surface area contributed by atoms with Crippen LogP contribution in [0.1, 0.15) is 22.0 Å². The van der Waals surface area contributed by atoms with Crippen molar-refractivity contribution in [2.24, 2.45) is 0 Å². The standard InChI is InChI=1S/C22H24O12/c1-31-21(30)19(10-5-3-2-4-6-10)34-22-18(28)17(27)16(26)14(33-22)9-32-20(29)11-7-12(23)15(25)13(24)8-11/h2-8,14,16-19,22-28H,9H2,1H3/t14?,16?,17?,18?,19-,22?/m1/s1. The molecule has 0 aromatic heterocycles. The summed E-state index contributed by atoms with van der Waals surface area (Å²) in [5, 5.41) is 59.3. The van der Waals surface area contributed by atoms with Crippen LogP contribution in [0.5, 0.6) is 17.2 Å². The molecule has 2 aromatic carbocycles. The van der Waals surface area contributed by atoms with E-state index in [0.717, 1.165) is 19.2 Å². The minimum Gasteiger partial charge on any atom is -0.504 e. The number of hydrogen-bond donors (Lipinski definition) is 6. The summed E-state index contributed by atoms with van der Waals surface area (Å²) in [5.74, 6) is -4.21. The minimum absolute atomic E-state index is 0.318. The Balaban J connectivity index is 1.73. The molecule has 2 aromatic rings. The van der Waals surface area contributed by atoms with Gasteiger partial charge < -0.3 is 49.6 Å². The van der Waals surface area contributed by atoms with E-state index >= 15 is 0 Å². The van der Waals surface area contributed by atoms with E-state index in [0.29, 0.717) is 5.56 Å². The van der Waals surface area contributed by atoms with Crippen LogP contribution < -0.4 is 0 Å². The van der Waals surface area contributed by atoms with Crippen molar-refractivity contribution in [2.75, 3.05) is 13.7 Å². The van der Waals surface area contributed by atoms with E-state index in [1.807, 2.05) is 0 Å². The van der Waals surface area contributed by atoms with Gasteiger partial charge in [0.05, 0.1) is 12.7 Å². The number of phenols is 3. The van der Waals surface area contributed by atoms with Gasteiger partial charge in [-0.1, -0.05) is 30.3 Å². The van der Waals surface area contributed by atoms with E-state index in [9.17, 15) is 40.2 Å². The Morgan fingerprint density at radius 3 is 2.18 bits per heavy atom. The number of benzene rings is 2. The molecule has 1 aliphatic rings. The first kappa shape index (κ1) is 25.2. The largest absolute Gasteiger partial charge is 0.504 e. The second-order valence-corrected chi connectivity index (χ2v) is 7.43. The van der Waals surface area contributed by atoms with Crippen LogP contribution in [0, 0.1) is 0 Å². The fraction of sp³-hybridized carbons (Fsp3) is 0.364. The summed E-state index contributed by atoms with van der Waals surface area (Å²) in [6.07, 6.45) is -9.58. The summed E-state index contributed by atoms with van der Waals surface area (Å²) >= 11 is 0. The van der Waals surface area contributed by atoms with E-state index in [1.54, 1.807) is 30.3 Å². The SMILES string of the molecule is COC(=O)[C@H](OC1OC(COC(=O)c2cc(O)c(O)c(O)c2)C(O)C(O)C1O)c1ccccc1. The molecule has 12 heteroatoms. The van der Waals surface area contributed by atoms with Crippen molar-refractivity contribution in [3.8, 4) is 17.2 Å². The van der Waals surface area contributed by atoms with E-state index in [1.165, 1.54) is 0 Å². The maximum atomic E-state index is 12.3. The van der Waals surface area contributed by atoms with E-state index in [4.69, 9.17) is 18.9 Å². The Labute approximate surface area is 193 Å². The third-order valence-corrected chi connectivity index (χ3v) is 5.14. The fourth-order valence-electron chi connectivity index (χ4n) is 3.27. The highest BCUT2D eigenvalue weighted by atomic mass is 16.7. The van der Waals surface area contributed by atoms with Crippen molar-refractivity contribution in [3.05, 3.63) is 53.6 Å². The maximum Gasteiger partial charge on any atom is 0.339 e. The molecule has 6 N–H and O–H groups in total. The average Bonchev–Trinajstić information content (AvgIpc) is 2.84. The van der Waals surface area contributed by atoms with Crippen molar-refractivity contribution in [2.45, 2.75) is 36.8 Å². The molecule has 1 fully saturated rings. The first-order valence-corrected chi connectivity index (χ1v) is 10.0. The first-order valence-electron chi connectivity index (χ1n) is 10.0. The number of ether oxygens (including phenoxy) is 4. The van der Waals surface area contributed by atoms with Crippen LogP contribution in [0.4, 0.5) is 0 Å². The third kappa shape index (κ3) is 5.38. The number of aromatic hydroxyl groups is 3. The lowest BCUT2D eigenvalue weighted by Crippen LogP contribution is -2.59.